The molecule has 0 aromatic heterocycles. The molecule has 0 saturated carbocycles. The second kappa shape index (κ2) is 5.92. The predicted molar refractivity (Wildman–Crippen MR) is 70.0 cm³/mol. The summed E-state index contributed by atoms with van der Waals surface area (Å²) in [5.74, 6) is 0. The van der Waals surface area contributed by atoms with Gasteiger partial charge in [-0.15, -0.1) is 0 Å². The Labute approximate surface area is 120 Å². The Bertz CT molecular complexity index is 542. The van der Waals surface area contributed by atoms with Gasteiger partial charge in [-0.1, -0.05) is 0 Å². The van der Waals surface area contributed by atoms with E-state index in [2.05, 4.69) is 0 Å². The van der Waals surface area contributed by atoms with Crippen molar-refractivity contribution in [1.82, 2.24) is 0 Å². The van der Waals surface area contributed by atoms with Crippen LogP contribution in [0.1, 0.15) is 11.1 Å². The average molecular weight is 300 g/mol. The number of anilines is 1. The fraction of sp³-hybridized carbons (Fsp3) is 0.500. The van der Waals surface area contributed by atoms with Crippen LogP contribution in [0, 0.1) is 11.3 Å². The molecule has 4 nitrogen and oxygen atoms in total. The first-order chi connectivity index (χ1) is 9.90. The van der Waals surface area contributed by atoms with E-state index in [0.717, 1.165) is 12.1 Å². The quantitative estimate of drug-likeness (QED) is 0.860. The molecule has 1 aliphatic rings. The summed E-state index contributed by atoms with van der Waals surface area (Å²) >= 11 is 0. The molecule has 1 aromatic carbocycles. The van der Waals surface area contributed by atoms with Crippen LogP contribution in [-0.4, -0.2) is 39.5 Å². The fourth-order valence-electron chi connectivity index (χ4n) is 2.47. The molecule has 2 rings (SSSR count). The minimum Gasteiger partial charge on any atom is -0.377 e. The van der Waals surface area contributed by atoms with Crippen LogP contribution in [0.4, 0.5) is 18.9 Å². The molecular formula is C14H15F3N2O2. The first kappa shape index (κ1) is 15.6. The van der Waals surface area contributed by atoms with Crippen molar-refractivity contribution in [1.29, 1.82) is 5.26 Å². The van der Waals surface area contributed by atoms with Crippen molar-refractivity contribution in [2.45, 2.75) is 18.4 Å². The fourth-order valence-corrected chi connectivity index (χ4v) is 2.47. The molecule has 2 unspecified atom stereocenters. The van der Waals surface area contributed by atoms with Crippen LogP contribution < -0.4 is 4.90 Å². The van der Waals surface area contributed by atoms with Gasteiger partial charge < -0.3 is 14.4 Å². The highest BCUT2D eigenvalue weighted by Gasteiger charge is 2.35. The van der Waals surface area contributed by atoms with Crippen molar-refractivity contribution in [3.63, 3.8) is 0 Å². The number of halogens is 3. The molecule has 0 spiro atoms. The minimum absolute atomic E-state index is 0.00330. The van der Waals surface area contributed by atoms with E-state index in [9.17, 15) is 13.2 Å². The molecule has 1 heterocycles. The minimum atomic E-state index is -4.46. The summed E-state index contributed by atoms with van der Waals surface area (Å²) in [6.45, 7) is 0.935. The number of hydrogen-bond acceptors (Lipinski definition) is 4. The van der Waals surface area contributed by atoms with Crippen molar-refractivity contribution in [3.8, 4) is 6.07 Å². The lowest BCUT2D eigenvalue weighted by Gasteiger charge is -2.20. The van der Waals surface area contributed by atoms with E-state index >= 15 is 0 Å². The smallest absolute Gasteiger partial charge is 0.377 e. The monoisotopic (exact) mass is 300 g/mol. The van der Waals surface area contributed by atoms with Crippen molar-refractivity contribution in [2.24, 2.45) is 0 Å². The second-order valence-corrected chi connectivity index (χ2v) is 4.79. The lowest BCUT2D eigenvalue weighted by atomic mass is 10.1. The third-order valence-corrected chi connectivity index (χ3v) is 3.61. The van der Waals surface area contributed by atoms with E-state index in [1.807, 2.05) is 6.07 Å². The lowest BCUT2D eigenvalue weighted by Crippen LogP contribution is -2.27. The molecule has 114 valence electrons. The SMILES string of the molecule is COC1CN(c2ccc(C(F)(F)F)cc2C#N)CC1OC. The number of hydrogen-bond donors (Lipinski definition) is 0. The Balaban J connectivity index is 2.31. The molecule has 1 aliphatic heterocycles. The van der Waals surface area contributed by atoms with Crippen LogP contribution in [0.5, 0.6) is 0 Å². The van der Waals surface area contributed by atoms with Crippen LogP contribution in [0.15, 0.2) is 18.2 Å². The van der Waals surface area contributed by atoms with Crippen molar-refractivity contribution in [2.75, 3.05) is 32.2 Å². The molecule has 1 aromatic rings. The number of rotatable bonds is 3. The second-order valence-electron chi connectivity index (χ2n) is 4.79. The van der Waals surface area contributed by atoms with Gasteiger partial charge >= 0.3 is 6.18 Å². The summed E-state index contributed by atoms with van der Waals surface area (Å²) in [6.07, 6.45) is -4.81. The Morgan fingerprint density at radius 3 is 2.19 bits per heavy atom. The number of nitriles is 1. The largest absolute Gasteiger partial charge is 0.416 e. The molecule has 21 heavy (non-hydrogen) atoms. The maximum Gasteiger partial charge on any atom is 0.416 e. The zero-order valence-corrected chi connectivity index (χ0v) is 11.6. The first-order valence-electron chi connectivity index (χ1n) is 6.32. The van der Waals surface area contributed by atoms with E-state index in [-0.39, 0.29) is 17.8 Å². The molecule has 0 amide bonds. The molecule has 0 aliphatic carbocycles. The average Bonchev–Trinajstić information content (AvgIpc) is 2.88. The van der Waals surface area contributed by atoms with Gasteiger partial charge in [0.1, 0.15) is 18.3 Å². The van der Waals surface area contributed by atoms with Crippen molar-refractivity contribution >= 4 is 5.69 Å². The maximum atomic E-state index is 12.7. The summed E-state index contributed by atoms with van der Waals surface area (Å²) < 4.78 is 48.6. The molecular weight excluding hydrogens is 285 g/mol. The summed E-state index contributed by atoms with van der Waals surface area (Å²) in [5.41, 5.74) is -0.364. The van der Waals surface area contributed by atoms with Crippen LogP contribution in [0.25, 0.3) is 0 Å². The van der Waals surface area contributed by atoms with E-state index in [0.29, 0.717) is 18.8 Å². The van der Waals surface area contributed by atoms with Gasteiger partial charge in [0.25, 0.3) is 0 Å². The van der Waals surface area contributed by atoms with Gasteiger partial charge in [0.15, 0.2) is 0 Å². The normalized spacial score (nSPS) is 22.4. The highest BCUT2D eigenvalue weighted by molar-refractivity contribution is 5.61. The zero-order valence-electron chi connectivity index (χ0n) is 11.6. The number of benzene rings is 1. The van der Waals surface area contributed by atoms with Gasteiger partial charge in [-0.2, -0.15) is 18.4 Å². The van der Waals surface area contributed by atoms with Crippen LogP contribution >= 0.6 is 0 Å². The first-order valence-corrected chi connectivity index (χ1v) is 6.32. The molecule has 2 atom stereocenters. The summed E-state index contributed by atoms with van der Waals surface area (Å²) in [6, 6.07) is 5.01. The molecule has 0 bridgehead atoms. The van der Waals surface area contributed by atoms with Gasteiger partial charge in [0, 0.05) is 27.3 Å². The molecule has 7 heteroatoms. The molecule has 1 fully saturated rings. The highest BCUT2D eigenvalue weighted by atomic mass is 19.4. The van der Waals surface area contributed by atoms with Gasteiger partial charge in [0.05, 0.1) is 16.8 Å². The topological polar surface area (TPSA) is 45.5 Å². The Hall–Kier alpha value is -1.78. The number of methoxy groups -OCH3 is 2. The van der Waals surface area contributed by atoms with Gasteiger partial charge in [-0.05, 0) is 18.2 Å². The summed E-state index contributed by atoms with van der Waals surface area (Å²) in [5, 5.41) is 9.11. The highest BCUT2D eigenvalue weighted by Crippen LogP contribution is 2.34. The third-order valence-electron chi connectivity index (χ3n) is 3.61. The zero-order chi connectivity index (χ0) is 15.6. The standard InChI is InChI=1S/C14H15F3N2O2/c1-20-12-7-19(8-13(12)21-2)11-4-3-10(14(15,16)17)5-9(11)6-18/h3-5,12-13H,7-8H2,1-2H3. The molecule has 0 radical (unpaired) electrons. The van der Waals surface area contributed by atoms with Crippen molar-refractivity contribution in [3.05, 3.63) is 29.3 Å². The third kappa shape index (κ3) is 3.12. The van der Waals surface area contributed by atoms with E-state index in [1.54, 1.807) is 19.1 Å². The Morgan fingerprint density at radius 2 is 1.76 bits per heavy atom. The van der Waals surface area contributed by atoms with Crippen LogP contribution in [0.2, 0.25) is 0 Å². The predicted octanol–water partition coefficient (Wildman–Crippen LogP) is 2.43. The Morgan fingerprint density at radius 1 is 1.19 bits per heavy atom. The molecule has 0 N–H and O–H groups in total. The van der Waals surface area contributed by atoms with Crippen LogP contribution in [0.3, 0.4) is 0 Å². The summed E-state index contributed by atoms with van der Waals surface area (Å²) in [4.78, 5) is 1.81. The molecule has 1 saturated heterocycles. The lowest BCUT2D eigenvalue weighted by molar-refractivity contribution is -0.137. The van der Waals surface area contributed by atoms with Crippen LogP contribution in [-0.2, 0) is 15.7 Å². The van der Waals surface area contributed by atoms with E-state index < -0.39 is 11.7 Å². The number of alkyl halides is 3. The van der Waals surface area contributed by atoms with Gasteiger partial charge in [-0.25, -0.2) is 0 Å². The summed E-state index contributed by atoms with van der Waals surface area (Å²) in [7, 11) is 3.11. The number of nitrogens with zero attached hydrogens (tertiary/aromatic N) is 2. The maximum absolute atomic E-state index is 12.7. The van der Waals surface area contributed by atoms with Gasteiger partial charge in [-0.3, -0.25) is 0 Å². The van der Waals surface area contributed by atoms with Crippen molar-refractivity contribution < 1.29 is 22.6 Å². The Kier molecular flexibility index (Phi) is 4.40. The van der Waals surface area contributed by atoms with Gasteiger partial charge in [0.2, 0.25) is 0 Å². The van der Waals surface area contributed by atoms with E-state index in [1.165, 1.54) is 6.07 Å². The van der Waals surface area contributed by atoms with E-state index in [4.69, 9.17) is 14.7 Å². The number of ether oxygens (including phenoxy) is 2.